The number of nitrogens with zero attached hydrogens (tertiary/aromatic N) is 3. The maximum absolute atomic E-state index is 9.84. The molecule has 0 atom stereocenters. The SMILES string of the molecule is CCCCCCCCc1cc(-c2cc(-c3cc(CCCCCCCC)c(-c4ccc5cc6cc(C)ccc6cc5c4)cc3CCCCCCCC)nc(-c3ccc(C#N)cc3)n2)c(CCCCCCCC)cc1C. The Bertz CT molecular complexity index is 2880. The van der Waals surface area contributed by atoms with E-state index in [2.05, 4.69) is 126 Å². The van der Waals surface area contributed by atoms with E-state index in [1.807, 2.05) is 24.3 Å². The second-order valence-electron chi connectivity index (χ2n) is 22.1. The van der Waals surface area contributed by atoms with Gasteiger partial charge in [0.1, 0.15) is 0 Å². The second-order valence-corrected chi connectivity index (χ2v) is 22.1. The van der Waals surface area contributed by atoms with E-state index in [1.165, 1.54) is 225 Å². The average Bonchev–Trinajstić information content (AvgIpc) is 3.42. The van der Waals surface area contributed by atoms with E-state index in [4.69, 9.17) is 9.97 Å². The number of fused-ring (bicyclic) bond motifs is 2. The van der Waals surface area contributed by atoms with Crippen molar-refractivity contribution in [1.29, 1.82) is 5.26 Å². The highest BCUT2D eigenvalue weighted by Crippen LogP contribution is 2.39. The highest BCUT2D eigenvalue weighted by Gasteiger charge is 2.20. The van der Waals surface area contributed by atoms with Gasteiger partial charge in [-0.1, -0.05) is 204 Å². The zero-order valence-corrected chi connectivity index (χ0v) is 47.0. The van der Waals surface area contributed by atoms with Crippen LogP contribution in [0.4, 0.5) is 0 Å². The molecule has 0 bridgehead atoms. The Kier molecular flexibility index (Phi) is 22.8. The lowest BCUT2D eigenvalue weighted by Crippen LogP contribution is -2.03. The maximum atomic E-state index is 9.84. The summed E-state index contributed by atoms with van der Waals surface area (Å²) in [5.74, 6) is 0.731. The molecule has 0 aliphatic carbocycles. The van der Waals surface area contributed by atoms with Gasteiger partial charge in [0.25, 0.3) is 0 Å². The fourth-order valence-corrected chi connectivity index (χ4v) is 11.4. The van der Waals surface area contributed by atoms with Crippen LogP contribution < -0.4 is 0 Å². The molecule has 0 radical (unpaired) electrons. The van der Waals surface area contributed by atoms with Crippen molar-refractivity contribution in [3.05, 3.63) is 142 Å². The summed E-state index contributed by atoms with van der Waals surface area (Å²) in [5, 5.41) is 15.0. The molecule has 390 valence electrons. The smallest absolute Gasteiger partial charge is 0.160 e. The molecule has 1 heterocycles. The molecule has 3 nitrogen and oxygen atoms in total. The van der Waals surface area contributed by atoms with E-state index in [1.54, 1.807) is 0 Å². The predicted molar refractivity (Wildman–Crippen MR) is 321 cm³/mol. The Hall–Kier alpha value is -5.59. The van der Waals surface area contributed by atoms with Crippen molar-refractivity contribution in [2.75, 3.05) is 0 Å². The summed E-state index contributed by atoms with van der Waals surface area (Å²) in [4.78, 5) is 11.2. The highest BCUT2D eigenvalue weighted by atomic mass is 14.9. The number of aromatic nitrogens is 2. The van der Waals surface area contributed by atoms with Gasteiger partial charge in [-0.15, -0.1) is 0 Å². The molecule has 0 fully saturated rings. The molecular weight excluding hydrogens is 895 g/mol. The van der Waals surface area contributed by atoms with E-state index in [9.17, 15) is 5.26 Å². The minimum Gasteiger partial charge on any atom is -0.228 e. The second kappa shape index (κ2) is 30.1. The number of unbranched alkanes of at least 4 members (excludes halogenated alkanes) is 20. The van der Waals surface area contributed by atoms with Crippen LogP contribution in [0, 0.1) is 25.2 Å². The Morgan fingerprint density at radius 3 is 1.27 bits per heavy atom. The first-order valence-electron chi connectivity index (χ1n) is 29.9. The van der Waals surface area contributed by atoms with E-state index in [0.29, 0.717) is 5.56 Å². The molecule has 0 saturated heterocycles. The summed E-state index contributed by atoms with van der Waals surface area (Å²) < 4.78 is 0. The molecule has 0 unspecified atom stereocenters. The number of rotatable bonds is 32. The Morgan fingerprint density at radius 1 is 0.351 bits per heavy atom. The first kappa shape index (κ1) is 56.1. The molecule has 1 aromatic heterocycles. The fourth-order valence-electron chi connectivity index (χ4n) is 11.4. The van der Waals surface area contributed by atoms with E-state index in [-0.39, 0.29) is 0 Å². The van der Waals surface area contributed by atoms with Gasteiger partial charge < -0.3 is 0 Å². The lowest BCUT2D eigenvalue weighted by molar-refractivity contribution is 0.605. The zero-order valence-electron chi connectivity index (χ0n) is 47.0. The van der Waals surface area contributed by atoms with Gasteiger partial charge in [-0.2, -0.15) is 5.26 Å². The van der Waals surface area contributed by atoms with Gasteiger partial charge in [0.2, 0.25) is 0 Å². The summed E-state index contributed by atoms with van der Waals surface area (Å²) in [5.41, 5.74) is 17.2. The molecule has 0 aliphatic heterocycles. The van der Waals surface area contributed by atoms with Crippen molar-refractivity contribution < 1.29 is 0 Å². The van der Waals surface area contributed by atoms with E-state index in [0.717, 1.165) is 54.9 Å². The van der Waals surface area contributed by atoms with Gasteiger partial charge in [-0.05, 0) is 186 Å². The van der Waals surface area contributed by atoms with Crippen molar-refractivity contribution in [3.8, 4) is 51.1 Å². The van der Waals surface area contributed by atoms with Crippen molar-refractivity contribution in [2.24, 2.45) is 0 Å². The molecular formula is C71H91N3. The maximum Gasteiger partial charge on any atom is 0.160 e. The van der Waals surface area contributed by atoms with Crippen LogP contribution in [-0.2, 0) is 25.7 Å². The van der Waals surface area contributed by atoms with Crippen LogP contribution >= 0.6 is 0 Å². The first-order chi connectivity index (χ1) is 36.3. The monoisotopic (exact) mass is 986 g/mol. The quantitative estimate of drug-likeness (QED) is 0.0312. The summed E-state index contributed by atoms with van der Waals surface area (Å²) in [6.45, 7) is 13.8. The van der Waals surface area contributed by atoms with Crippen LogP contribution in [0.25, 0.3) is 66.6 Å². The van der Waals surface area contributed by atoms with Gasteiger partial charge in [-0.25, -0.2) is 9.97 Å². The standard InChI is InChI=1S/C71H91N3/c1-7-11-15-19-23-27-31-57-48-67(60(44-54(57)6)32-28-24-20-16-12-8-2)69-51-70(74-71(73-69)56-39-36-55(52-72)37-40-56)68-50-61(33-29-25-21-17-13-9-3)66(49-62(68)34-30-26-22-18-14-10-4)63-42-41-59-45-64-43-53(5)35-38-58(64)46-65(59)47-63/h35-51H,7-34H2,1-6H3. The first-order valence-corrected chi connectivity index (χ1v) is 29.9. The van der Waals surface area contributed by atoms with Crippen molar-refractivity contribution in [2.45, 2.75) is 221 Å². The molecule has 0 amide bonds. The van der Waals surface area contributed by atoms with Crippen molar-refractivity contribution in [3.63, 3.8) is 0 Å². The molecule has 0 aliphatic rings. The molecule has 6 aromatic carbocycles. The minimum absolute atomic E-state index is 0.650. The zero-order chi connectivity index (χ0) is 51.9. The Labute approximate surface area is 449 Å². The number of hydrogen-bond donors (Lipinski definition) is 0. The van der Waals surface area contributed by atoms with Gasteiger partial charge in [0.15, 0.2) is 5.82 Å². The molecule has 74 heavy (non-hydrogen) atoms. The molecule has 3 heteroatoms. The van der Waals surface area contributed by atoms with Gasteiger partial charge in [-0.3, -0.25) is 0 Å². The summed E-state index contributed by atoms with van der Waals surface area (Å²) in [6.07, 6.45) is 34.7. The van der Waals surface area contributed by atoms with Gasteiger partial charge >= 0.3 is 0 Å². The van der Waals surface area contributed by atoms with Gasteiger partial charge in [0.05, 0.1) is 23.0 Å². The summed E-state index contributed by atoms with van der Waals surface area (Å²) in [6, 6.07) is 41.6. The van der Waals surface area contributed by atoms with Crippen molar-refractivity contribution in [1.82, 2.24) is 9.97 Å². The lowest BCUT2D eigenvalue weighted by Gasteiger charge is -2.20. The number of nitriles is 1. The number of aryl methyl sites for hydroxylation is 6. The van der Waals surface area contributed by atoms with Crippen LogP contribution in [0.15, 0.2) is 103 Å². The Morgan fingerprint density at radius 2 is 0.757 bits per heavy atom. The van der Waals surface area contributed by atoms with Crippen LogP contribution in [0.5, 0.6) is 0 Å². The third-order valence-electron chi connectivity index (χ3n) is 15.9. The van der Waals surface area contributed by atoms with Crippen LogP contribution in [0.2, 0.25) is 0 Å². The van der Waals surface area contributed by atoms with Crippen LogP contribution in [0.1, 0.15) is 221 Å². The summed E-state index contributed by atoms with van der Waals surface area (Å²) >= 11 is 0. The lowest BCUT2D eigenvalue weighted by atomic mass is 9.86. The topological polar surface area (TPSA) is 49.6 Å². The molecule has 0 N–H and O–H groups in total. The minimum atomic E-state index is 0.650. The van der Waals surface area contributed by atoms with Crippen LogP contribution in [-0.4, -0.2) is 9.97 Å². The molecule has 7 rings (SSSR count). The summed E-state index contributed by atoms with van der Waals surface area (Å²) in [7, 11) is 0. The number of benzene rings is 6. The third kappa shape index (κ3) is 16.2. The normalized spacial score (nSPS) is 11.5. The van der Waals surface area contributed by atoms with E-state index < -0.39 is 0 Å². The number of hydrogen-bond acceptors (Lipinski definition) is 3. The Balaban J connectivity index is 1.40. The van der Waals surface area contributed by atoms with Crippen LogP contribution in [0.3, 0.4) is 0 Å². The van der Waals surface area contributed by atoms with Crippen molar-refractivity contribution >= 4 is 21.5 Å². The highest BCUT2D eigenvalue weighted by molar-refractivity contribution is 6.00. The fraction of sp³-hybridized carbons (Fsp3) is 0.479. The molecule has 7 aromatic rings. The molecule has 0 saturated carbocycles. The van der Waals surface area contributed by atoms with E-state index >= 15 is 0 Å². The largest absolute Gasteiger partial charge is 0.228 e. The predicted octanol–water partition coefficient (Wildman–Crippen LogP) is 21.6. The third-order valence-corrected chi connectivity index (χ3v) is 15.9. The molecule has 0 spiro atoms. The average molecular weight is 987 g/mol. The van der Waals surface area contributed by atoms with Gasteiger partial charge in [0, 0.05) is 16.7 Å².